The van der Waals surface area contributed by atoms with Crippen LogP contribution in [0.3, 0.4) is 0 Å². The molecule has 0 bridgehead atoms. The molecule has 1 amide bonds. The van der Waals surface area contributed by atoms with Crippen LogP contribution >= 0.6 is 0 Å². The van der Waals surface area contributed by atoms with Crippen molar-refractivity contribution in [3.8, 4) is 0 Å². The van der Waals surface area contributed by atoms with Gasteiger partial charge in [0.25, 0.3) is 5.91 Å². The van der Waals surface area contributed by atoms with Gasteiger partial charge < -0.3 is 19.6 Å². The van der Waals surface area contributed by atoms with E-state index in [1.165, 1.54) is 41.4 Å². The number of H-pyrrole nitrogens is 1. The second kappa shape index (κ2) is 8.47. The highest BCUT2D eigenvalue weighted by atomic mass is 16.3. The first-order valence-electron chi connectivity index (χ1n) is 12.4. The Morgan fingerprint density at radius 1 is 1.08 bits per heavy atom. The lowest BCUT2D eigenvalue weighted by Crippen LogP contribution is -2.34. The van der Waals surface area contributed by atoms with Gasteiger partial charge in [-0.25, -0.2) is 4.98 Å². The molecule has 8 heteroatoms. The number of anilines is 2. The zero-order valence-electron chi connectivity index (χ0n) is 22.1. The van der Waals surface area contributed by atoms with Crippen molar-refractivity contribution >= 4 is 28.8 Å². The minimum Gasteiger partial charge on any atom is -0.456 e. The maximum atomic E-state index is 13.0. The number of aromatic amines is 1. The predicted molar refractivity (Wildman–Crippen MR) is 142 cm³/mol. The summed E-state index contributed by atoms with van der Waals surface area (Å²) in [5, 5.41) is 2.85. The number of hydrogen-bond acceptors (Lipinski definition) is 6. The average molecular weight is 487 g/mol. The van der Waals surface area contributed by atoms with Crippen molar-refractivity contribution < 1.29 is 9.21 Å². The van der Waals surface area contributed by atoms with Gasteiger partial charge in [0.05, 0.1) is 6.33 Å². The molecule has 3 aromatic heterocycles. The number of benzene rings is 1. The number of nitrogens with zero attached hydrogens (tertiary/aromatic N) is 4. The molecule has 4 aromatic rings. The Kier molecular flexibility index (Phi) is 5.65. The number of rotatable bonds is 5. The highest BCUT2D eigenvalue weighted by molar-refractivity contribution is 6.05. The lowest BCUT2D eigenvalue weighted by Gasteiger charge is -2.42. The van der Waals surface area contributed by atoms with Crippen molar-refractivity contribution in [2.45, 2.75) is 64.7 Å². The van der Waals surface area contributed by atoms with Crippen LogP contribution < -0.4 is 10.2 Å². The van der Waals surface area contributed by atoms with Crippen LogP contribution in [-0.2, 0) is 17.3 Å². The molecule has 8 nitrogen and oxygen atoms in total. The van der Waals surface area contributed by atoms with E-state index in [-0.39, 0.29) is 22.5 Å². The molecule has 5 rings (SSSR count). The summed E-state index contributed by atoms with van der Waals surface area (Å²) in [5.74, 6) is 1.43. The standard InChI is InChI=1S/C28H34N6O2/c1-16-12-19-20(28(4,5)11-10-27(19,2)3)14-17(16)13-18-8-9-21(36-18)25(35)31-24-22-23(30-15-29-22)32-26(33-24)34(6)7/h8-9,12,14-15H,10-11,13H2,1-7H3,(H2,29,30,31,32,33,35). The number of furan rings is 1. The summed E-state index contributed by atoms with van der Waals surface area (Å²) < 4.78 is 5.99. The molecule has 1 aliphatic rings. The first-order chi connectivity index (χ1) is 16.9. The number of aromatic nitrogens is 4. The van der Waals surface area contributed by atoms with Crippen LogP contribution in [0.15, 0.2) is 35.0 Å². The topological polar surface area (TPSA) is 99.9 Å². The molecule has 0 spiro atoms. The number of aryl methyl sites for hydroxylation is 1. The van der Waals surface area contributed by atoms with Crippen molar-refractivity contribution in [3.63, 3.8) is 0 Å². The summed E-state index contributed by atoms with van der Waals surface area (Å²) in [6, 6.07) is 8.30. The van der Waals surface area contributed by atoms with Crippen LogP contribution in [0.5, 0.6) is 0 Å². The third-order valence-corrected chi connectivity index (χ3v) is 7.47. The monoisotopic (exact) mass is 486 g/mol. The van der Waals surface area contributed by atoms with Crippen LogP contribution in [0.1, 0.15) is 79.1 Å². The summed E-state index contributed by atoms with van der Waals surface area (Å²) in [6.07, 6.45) is 4.52. The molecule has 3 heterocycles. The summed E-state index contributed by atoms with van der Waals surface area (Å²) in [6.45, 7) is 11.5. The van der Waals surface area contributed by atoms with E-state index in [9.17, 15) is 4.79 Å². The summed E-state index contributed by atoms with van der Waals surface area (Å²) >= 11 is 0. The summed E-state index contributed by atoms with van der Waals surface area (Å²) in [5.41, 5.74) is 6.72. The molecule has 1 aromatic carbocycles. The van der Waals surface area contributed by atoms with Crippen LogP contribution in [0.4, 0.5) is 11.8 Å². The zero-order chi connectivity index (χ0) is 25.8. The molecule has 0 radical (unpaired) electrons. The zero-order valence-corrected chi connectivity index (χ0v) is 22.1. The Bertz CT molecular complexity index is 1460. The molecule has 0 saturated carbocycles. The molecule has 188 valence electrons. The Hall–Kier alpha value is -3.68. The second-order valence-electron chi connectivity index (χ2n) is 11.4. The van der Waals surface area contributed by atoms with Gasteiger partial charge in [-0.1, -0.05) is 39.8 Å². The fourth-order valence-electron chi connectivity index (χ4n) is 5.02. The normalized spacial score (nSPS) is 16.1. The number of nitrogens with one attached hydrogen (secondary N) is 2. The molecule has 36 heavy (non-hydrogen) atoms. The van der Waals surface area contributed by atoms with Gasteiger partial charge in [0, 0.05) is 20.5 Å². The minimum absolute atomic E-state index is 0.141. The molecular formula is C28H34N6O2. The largest absolute Gasteiger partial charge is 0.456 e. The van der Waals surface area contributed by atoms with E-state index < -0.39 is 0 Å². The van der Waals surface area contributed by atoms with Gasteiger partial charge in [-0.2, -0.15) is 9.97 Å². The Morgan fingerprint density at radius 2 is 1.78 bits per heavy atom. The Labute approximate surface area is 211 Å². The third kappa shape index (κ3) is 4.25. The van der Waals surface area contributed by atoms with Gasteiger partial charge in [-0.05, 0) is 65.0 Å². The van der Waals surface area contributed by atoms with Gasteiger partial charge in [0.15, 0.2) is 17.2 Å². The molecule has 0 fully saturated rings. The molecule has 1 aliphatic carbocycles. The van der Waals surface area contributed by atoms with Crippen LogP contribution in [-0.4, -0.2) is 39.9 Å². The third-order valence-electron chi connectivity index (χ3n) is 7.47. The molecule has 2 N–H and O–H groups in total. The maximum absolute atomic E-state index is 13.0. The van der Waals surface area contributed by atoms with Gasteiger partial charge >= 0.3 is 0 Å². The summed E-state index contributed by atoms with van der Waals surface area (Å²) in [7, 11) is 3.67. The summed E-state index contributed by atoms with van der Waals surface area (Å²) in [4.78, 5) is 30.8. The molecule has 0 aliphatic heterocycles. The van der Waals surface area contributed by atoms with Crippen molar-refractivity contribution in [3.05, 3.63) is 64.4 Å². The van der Waals surface area contributed by atoms with Crippen molar-refractivity contribution in [1.29, 1.82) is 0 Å². The minimum atomic E-state index is -0.370. The lowest BCUT2D eigenvalue weighted by molar-refractivity contribution is 0.0995. The maximum Gasteiger partial charge on any atom is 0.292 e. The fraction of sp³-hybridized carbons (Fsp3) is 0.429. The quantitative estimate of drug-likeness (QED) is 0.386. The number of imidazole rings is 1. The Balaban J connectivity index is 1.40. The number of carbonyl (C=O) groups is 1. The highest BCUT2D eigenvalue weighted by Gasteiger charge is 2.37. The molecule has 0 saturated heterocycles. The van der Waals surface area contributed by atoms with Gasteiger partial charge in [-0.3, -0.25) is 4.79 Å². The van der Waals surface area contributed by atoms with Crippen molar-refractivity contribution in [1.82, 2.24) is 19.9 Å². The fourth-order valence-corrected chi connectivity index (χ4v) is 5.02. The van der Waals surface area contributed by atoms with E-state index in [2.05, 4.69) is 72.0 Å². The van der Waals surface area contributed by atoms with E-state index in [4.69, 9.17) is 4.42 Å². The van der Waals surface area contributed by atoms with E-state index in [1.54, 1.807) is 11.0 Å². The lowest BCUT2D eigenvalue weighted by atomic mass is 9.62. The van der Waals surface area contributed by atoms with Crippen molar-refractivity contribution in [2.75, 3.05) is 24.3 Å². The molecular weight excluding hydrogens is 452 g/mol. The van der Waals surface area contributed by atoms with Crippen LogP contribution in [0.25, 0.3) is 11.2 Å². The first kappa shape index (κ1) is 24.0. The van der Waals surface area contributed by atoms with Gasteiger partial charge in [0.1, 0.15) is 11.3 Å². The Morgan fingerprint density at radius 3 is 2.47 bits per heavy atom. The number of hydrogen-bond donors (Lipinski definition) is 2. The van der Waals surface area contributed by atoms with Gasteiger partial charge in [0.2, 0.25) is 5.95 Å². The predicted octanol–water partition coefficient (Wildman–Crippen LogP) is 5.51. The number of carbonyl (C=O) groups excluding carboxylic acids is 1. The van der Waals surface area contributed by atoms with E-state index >= 15 is 0 Å². The smallest absolute Gasteiger partial charge is 0.292 e. The van der Waals surface area contributed by atoms with E-state index in [0.29, 0.717) is 29.4 Å². The first-order valence-corrected chi connectivity index (χ1v) is 12.4. The second-order valence-corrected chi connectivity index (χ2v) is 11.4. The number of fused-ring (bicyclic) bond motifs is 2. The number of amides is 1. The van der Waals surface area contributed by atoms with Crippen LogP contribution in [0, 0.1) is 6.92 Å². The van der Waals surface area contributed by atoms with Crippen molar-refractivity contribution in [2.24, 2.45) is 0 Å². The highest BCUT2D eigenvalue weighted by Crippen LogP contribution is 2.46. The van der Waals surface area contributed by atoms with Crippen LogP contribution in [0.2, 0.25) is 0 Å². The van der Waals surface area contributed by atoms with Gasteiger partial charge in [-0.15, -0.1) is 0 Å². The van der Waals surface area contributed by atoms with E-state index in [1.807, 2.05) is 20.2 Å². The van der Waals surface area contributed by atoms with E-state index in [0.717, 1.165) is 5.76 Å². The average Bonchev–Trinajstić information content (AvgIpc) is 3.47. The molecule has 0 unspecified atom stereocenters. The molecule has 0 atom stereocenters. The SMILES string of the molecule is Cc1cc2c(cc1Cc1ccc(C(=O)Nc3nc(N(C)C)nc4nc[nH]c34)o1)C(C)(C)CCC2(C)C.